The van der Waals surface area contributed by atoms with E-state index in [9.17, 15) is 14.4 Å². The molecule has 174 valence electrons. The summed E-state index contributed by atoms with van der Waals surface area (Å²) in [5.41, 5.74) is 1.07. The Morgan fingerprint density at radius 3 is 2.39 bits per heavy atom. The maximum Gasteiger partial charge on any atom is 0.331 e. The first-order valence-corrected chi connectivity index (χ1v) is 11.6. The molecule has 0 aliphatic carbocycles. The van der Waals surface area contributed by atoms with Crippen molar-refractivity contribution < 1.29 is 9.53 Å². The Bertz CT molecular complexity index is 1210. The number of rotatable bonds is 8. The van der Waals surface area contributed by atoms with Crippen molar-refractivity contribution in [2.24, 2.45) is 5.92 Å². The van der Waals surface area contributed by atoms with Crippen LogP contribution in [0.25, 0.3) is 10.9 Å². The third-order valence-corrected chi connectivity index (χ3v) is 6.49. The van der Waals surface area contributed by atoms with E-state index in [-0.39, 0.29) is 24.6 Å². The van der Waals surface area contributed by atoms with Crippen LogP contribution in [0.5, 0.6) is 0 Å². The number of methoxy groups -OCH3 is 1. The van der Waals surface area contributed by atoms with Gasteiger partial charge in [-0.15, -0.1) is 0 Å². The quantitative estimate of drug-likeness (QED) is 0.496. The molecule has 0 saturated carbocycles. The van der Waals surface area contributed by atoms with Gasteiger partial charge in [0, 0.05) is 33.4 Å². The first-order valence-electron chi connectivity index (χ1n) is 11.6. The van der Waals surface area contributed by atoms with Crippen LogP contribution in [0.1, 0.15) is 24.8 Å². The fraction of sp³-hybridized carbons (Fsp3) is 0.423. The molecule has 1 fully saturated rings. The molecule has 1 aliphatic heterocycles. The van der Waals surface area contributed by atoms with E-state index in [4.69, 9.17) is 4.74 Å². The Morgan fingerprint density at radius 1 is 0.970 bits per heavy atom. The lowest BCUT2D eigenvalue weighted by atomic mass is 9.90. The SMILES string of the molecule is COCCCn1c(=O)c2ccccc2n(CC(=O)N2CCC(Cc3ccccc3)CC2)c1=O. The number of ether oxygens (including phenoxy) is 1. The van der Waals surface area contributed by atoms with Crippen LogP contribution in [0, 0.1) is 5.92 Å². The molecule has 2 heterocycles. The lowest BCUT2D eigenvalue weighted by molar-refractivity contribution is -0.133. The van der Waals surface area contributed by atoms with Gasteiger partial charge < -0.3 is 9.64 Å². The van der Waals surface area contributed by atoms with E-state index in [1.165, 1.54) is 14.7 Å². The van der Waals surface area contributed by atoms with Crippen LogP contribution in [0.3, 0.4) is 0 Å². The molecule has 3 aromatic rings. The monoisotopic (exact) mass is 449 g/mol. The van der Waals surface area contributed by atoms with Crippen molar-refractivity contribution in [3.05, 3.63) is 81.0 Å². The van der Waals surface area contributed by atoms with Crippen molar-refractivity contribution in [3.63, 3.8) is 0 Å². The van der Waals surface area contributed by atoms with Gasteiger partial charge in [0.25, 0.3) is 5.56 Å². The van der Waals surface area contributed by atoms with Crippen LogP contribution in [0.15, 0.2) is 64.2 Å². The number of fused-ring (bicyclic) bond motifs is 1. The van der Waals surface area contributed by atoms with Crippen LogP contribution >= 0.6 is 0 Å². The van der Waals surface area contributed by atoms with Crippen LogP contribution in [-0.4, -0.2) is 46.7 Å². The highest BCUT2D eigenvalue weighted by atomic mass is 16.5. The zero-order valence-corrected chi connectivity index (χ0v) is 19.1. The molecule has 4 rings (SSSR count). The fourth-order valence-corrected chi connectivity index (χ4v) is 4.66. The van der Waals surface area contributed by atoms with Crippen molar-refractivity contribution in [3.8, 4) is 0 Å². The topological polar surface area (TPSA) is 73.5 Å². The molecule has 33 heavy (non-hydrogen) atoms. The third kappa shape index (κ3) is 5.25. The zero-order chi connectivity index (χ0) is 23.2. The number of carbonyl (C=O) groups is 1. The van der Waals surface area contributed by atoms with Gasteiger partial charge in [-0.2, -0.15) is 0 Å². The second-order valence-corrected chi connectivity index (χ2v) is 8.70. The minimum atomic E-state index is -0.442. The van der Waals surface area contributed by atoms with Crippen LogP contribution in [0.2, 0.25) is 0 Å². The lowest BCUT2D eigenvalue weighted by Gasteiger charge is -2.32. The number of para-hydroxylation sites is 1. The average Bonchev–Trinajstić information content (AvgIpc) is 2.85. The number of piperidine rings is 1. The molecule has 1 saturated heterocycles. The Kier molecular flexibility index (Phi) is 7.40. The van der Waals surface area contributed by atoms with Crippen LogP contribution in [0.4, 0.5) is 0 Å². The maximum atomic E-state index is 13.2. The van der Waals surface area contributed by atoms with E-state index in [0.717, 1.165) is 19.3 Å². The van der Waals surface area contributed by atoms with Gasteiger partial charge in [0.05, 0.1) is 10.9 Å². The summed E-state index contributed by atoms with van der Waals surface area (Å²) < 4.78 is 7.74. The van der Waals surface area contributed by atoms with Crippen molar-refractivity contribution in [2.75, 3.05) is 26.8 Å². The summed E-state index contributed by atoms with van der Waals surface area (Å²) in [6, 6.07) is 17.4. The standard InChI is InChI=1S/C26H31N3O4/c1-33-17-7-14-28-25(31)22-10-5-6-11-23(22)29(26(28)32)19-24(30)27-15-12-21(13-16-27)18-20-8-3-2-4-9-20/h2-6,8-11,21H,7,12-19H2,1H3. The first-order chi connectivity index (χ1) is 16.1. The summed E-state index contributed by atoms with van der Waals surface area (Å²) in [5.74, 6) is 0.477. The number of nitrogens with zero attached hydrogens (tertiary/aromatic N) is 3. The number of likely N-dealkylation sites (tertiary alicyclic amines) is 1. The fourth-order valence-electron chi connectivity index (χ4n) is 4.66. The van der Waals surface area contributed by atoms with Gasteiger partial charge >= 0.3 is 5.69 Å². The van der Waals surface area contributed by atoms with Crippen molar-refractivity contribution in [1.29, 1.82) is 0 Å². The number of hydrogen-bond acceptors (Lipinski definition) is 4. The molecule has 0 unspecified atom stereocenters. The molecule has 0 N–H and O–H groups in total. The van der Waals surface area contributed by atoms with Gasteiger partial charge in [0.2, 0.25) is 5.91 Å². The molecule has 1 aliphatic rings. The molecule has 0 spiro atoms. The van der Waals surface area contributed by atoms with E-state index < -0.39 is 5.69 Å². The number of hydrogen-bond donors (Lipinski definition) is 0. The van der Waals surface area contributed by atoms with Crippen molar-refractivity contribution in [1.82, 2.24) is 14.0 Å². The maximum absolute atomic E-state index is 13.2. The Balaban J connectivity index is 1.50. The first kappa shape index (κ1) is 23.0. The molecule has 7 heteroatoms. The molecule has 0 atom stereocenters. The Morgan fingerprint density at radius 2 is 1.67 bits per heavy atom. The second kappa shape index (κ2) is 10.6. The van der Waals surface area contributed by atoms with Crippen molar-refractivity contribution >= 4 is 16.8 Å². The highest BCUT2D eigenvalue weighted by Gasteiger charge is 2.24. The Hall–Kier alpha value is -3.19. The van der Waals surface area contributed by atoms with Crippen LogP contribution < -0.4 is 11.2 Å². The molecule has 1 aromatic heterocycles. The normalized spacial score (nSPS) is 14.6. The number of benzene rings is 2. The summed E-state index contributed by atoms with van der Waals surface area (Å²) >= 11 is 0. The number of carbonyl (C=O) groups excluding carboxylic acids is 1. The van der Waals surface area contributed by atoms with Gasteiger partial charge in [-0.1, -0.05) is 42.5 Å². The van der Waals surface area contributed by atoms with E-state index in [1.807, 2.05) is 11.0 Å². The summed E-state index contributed by atoms with van der Waals surface area (Å²) in [4.78, 5) is 41.1. The van der Waals surface area contributed by atoms with Gasteiger partial charge in [0.15, 0.2) is 0 Å². The predicted molar refractivity (Wildman–Crippen MR) is 128 cm³/mol. The predicted octanol–water partition coefficient (Wildman–Crippen LogP) is 2.68. The van der Waals surface area contributed by atoms with Gasteiger partial charge in [-0.3, -0.25) is 18.7 Å². The third-order valence-electron chi connectivity index (χ3n) is 6.49. The van der Waals surface area contributed by atoms with Gasteiger partial charge in [-0.25, -0.2) is 4.79 Å². The van der Waals surface area contributed by atoms with E-state index in [1.54, 1.807) is 31.4 Å². The number of amides is 1. The molecule has 2 aromatic carbocycles. The van der Waals surface area contributed by atoms with Crippen molar-refractivity contribution in [2.45, 2.75) is 38.8 Å². The molecule has 0 bridgehead atoms. The largest absolute Gasteiger partial charge is 0.385 e. The molecular weight excluding hydrogens is 418 g/mol. The molecular formula is C26H31N3O4. The summed E-state index contributed by atoms with van der Waals surface area (Å²) in [7, 11) is 1.59. The lowest BCUT2D eigenvalue weighted by Crippen LogP contribution is -2.45. The summed E-state index contributed by atoms with van der Waals surface area (Å²) in [5, 5.41) is 0.448. The van der Waals surface area contributed by atoms with E-state index in [0.29, 0.717) is 42.9 Å². The molecule has 0 radical (unpaired) electrons. The number of aromatic nitrogens is 2. The van der Waals surface area contributed by atoms with Gasteiger partial charge in [0.1, 0.15) is 6.54 Å². The molecule has 7 nitrogen and oxygen atoms in total. The Labute approximate surface area is 193 Å². The van der Waals surface area contributed by atoms with Gasteiger partial charge in [-0.05, 0) is 49.3 Å². The highest BCUT2D eigenvalue weighted by molar-refractivity contribution is 5.81. The average molecular weight is 450 g/mol. The molecule has 1 amide bonds. The summed E-state index contributed by atoms with van der Waals surface area (Å²) in [6.45, 7) is 2.03. The highest BCUT2D eigenvalue weighted by Crippen LogP contribution is 2.22. The summed E-state index contributed by atoms with van der Waals surface area (Å²) in [6.07, 6.45) is 3.48. The minimum Gasteiger partial charge on any atom is -0.385 e. The zero-order valence-electron chi connectivity index (χ0n) is 19.1. The van der Waals surface area contributed by atoms with E-state index >= 15 is 0 Å². The van der Waals surface area contributed by atoms with Crippen LogP contribution in [-0.2, 0) is 29.0 Å². The second-order valence-electron chi connectivity index (χ2n) is 8.70. The van der Waals surface area contributed by atoms with E-state index in [2.05, 4.69) is 24.3 Å². The minimum absolute atomic E-state index is 0.0622. The smallest absolute Gasteiger partial charge is 0.331 e.